The quantitative estimate of drug-likeness (QED) is 0.351. The zero-order valence-electron chi connectivity index (χ0n) is 15.7. The van der Waals surface area contributed by atoms with E-state index in [0.717, 1.165) is 23.0 Å². The molecule has 0 unspecified atom stereocenters. The molecule has 0 atom stereocenters. The van der Waals surface area contributed by atoms with E-state index in [4.69, 9.17) is 18.8 Å². The Bertz CT molecular complexity index is 919. The van der Waals surface area contributed by atoms with Crippen molar-refractivity contribution in [3.05, 3.63) is 109 Å². The van der Waals surface area contributed by atoms with Gasteiger partial charge in [-0.05, 0) is 72.8 Å². The highest BCUT2D eigenvalue weighted by molar-refractivity contribution is 6.20. The minimum absolute atomic E-state index is 0.109. The lowest BCUT2D eigenvalue weighted by Gasteiger charge is -2.10. The van der Waals surface area contributed by atoms with E-state index < -0.39 is 0 Å². The van der Waals surface area contributed by atoms with Gasteiger partial charge in [0.2, 0.25) is 0 Å². The predicted octanol–water partition coefficient (Wildman–Crippen LogP) is 6.00. The normalized spacial score (nSPS) is 10.1. The first-order valence-electron chi connectivity index (χ1n) is 9.27. The molecule has 0 saturated heterocycles. The molecule has 0 N–H and O–H groups in total. The molecular weight excluding hydrogens is 363 g/mol. The number of hydrogen-bond donors (Lipinski definition) is 0. The lowest BCUT2D eigenvalue weighted by molar-refractivity contribution is 0.453. The lowest BCUT2D eigenvalue weighted by Crippen LogP contribution is -2.10. The van der Waals surface area contributed by atoms with Crippen LogP contribution in [0.5, 0.6) is 34.5 Å². The van der Waals surface area contributed by atoms with Gasteiger partial charge in [-0.2, -0.15) is 0 Å². The van der Waals surface area contributed by atoms with Crippen LogP contribution in [-0.2, 0) is 0 Å². The highest BCUT2D eigenvalue weighted by Gasteiger charge is 2.03. The predicted molar refractivity (Wildman–Crippen MR) is 114 cm³/mol. The molecule has 0 amide bonds. The van der Waals surface area contributed by atoms with Gasteiger partial charge >= 0.3 is 7.69 Å². The summed E-state index contributed by atoms with van der Waals surface area (Å²) < 4.78 is 22.8. The van der Waals surface area contributed by atoms with Gasteiger partial charge in [0.1, 0.15) is 34.5 Å². The zero-order valence-corrected chi connectivity index (χ0v) is 15.7. The van der Waals surface area contributed by atoms with E-state index in [1.807, 2.05) is 109 Å². The van der Waals surface area contributed by atoms with E-state index in [0.29, 0.717) is 11.5 Å². The van der Waals surface area contributed by atoms with E-state index in [9.17, 15) is 0 Å². The van der Waals surface area contributed by atoms with Crippen molar-refractivity contribution in [2.75, 3.05) is 0 Å². The van der Waals surface area contributed by atoms with Crippen molar-refractivity contribution in [1.82, 2.24) is 0 Å². The Kier molecular flexibility index (Phi) is 5.98. The average molecular weight is 382 g/mol. The Morgan fingerprint density at radius 1 is 0.345 bits per heavy atom. The maximum atomic E-state index is 5.76. The van der Waals surface area contributed by atoms with E-state index >= 15 is 0 Å². The number of hydrogen-bond acceptors (Lipinski definition) is 4. The van der Waals surface area contributed by atoms with E-state index in [1.54, 1.807) is 0 Å². The summed E-state index contributed by atoms with van der Waals surface area (Å²) in [5.74, 6) is 4.49. The number of benzene rings is 4. The van der Waals surface area contributed by atoms with Gasteiger partial charge in [-0.25, -0.2) is 0 Å². The van der Waals surface area contributed by atoms with Crippen molar-refractivity contribution in [3.8, 4) is 34.5 Å². The molecule has 4 aromatic carbocycles. The molecule has 0 aromatic heterocycles. The summed E-state index contributed by atoms with van der Waals surface area (Å²) in [5, 5.41) is 0. The summed E-state index contributed by atoms with van der Waals surface area (Å²) in [5.41, 5.74) is 0. The second-order valence-corrected chi connectivity index (χ2v) is 6.18. The van der Waals surface area contributed by atoms with Gasteiger partial charge in [0.25, 0.3) is 0 Å². The minimum Gasteiger partial charge on any atom is -0.529 e. The third-order valence-electron chi connectivity index (χ3n) is 4.06. The highest BCUT2D eigenvalue weighted by atomic mass is 16.6. The van der Waals surface area contributed by atoms with Crippen molar-refractivity contribution in [3.63, 3.8) is 0 Å². The van der Waals surface area contributed by atoms with Crippen LogP contribution in [0.1, 0.15) is 0 Å². The third-order valence-corrected chi connectivity index (χ3v) is 4.06. The Hall–Kier alpha value is -3.86. The molecule has 0 aliphatic rings. The molecule has 4 rings (SSSR count). The van der Waals surface area contributed by atoms with Crippen LogP contribution in [-0.4, -0.2) is 7.69 Å². The number of rotatable bonds is 8. The maximum absolute atomic E-state index is 5.76. The van der Waals surface area contributed by atoms with Gasteiger partial charge in [0.15, 0.2) is 0 Å². The van der Waals surface area contributed by atoms with Crippen LogP contribution in [0.15, 0.2) is 109 Å². The fraction of sp³-hybridized carbons (Fsp3) is 0. The van der Waals surface area contributed by atoms with Crippen molar-refractivity contribution in [1.29, 1.82) is 0 Å². The largest absolute Gasteiger partial charge is 0.576 e. The average Bonchev–Trinajstić information content (AvgIpc) is 2.78. The Morgan fingerprint density at radius 3 is 1.03 bits per heavy atom. The molecule has 0 heterocycles. The monoisotopic (exact) mass is 382 g/mol. The topological polar surface area (TPSA) is 36.9 Å². The molecule has 0 aliphatic heterocycles. The summed E-state index contributed by atoms with van der Waals surface area (Å²) in [6.07, 6.45) is 0. The van der Waals surface area contributed by atoms with Crippen molar-refractivity contribution >= 4 is 7.69 Å². The zero-order chi connectivity index (χ0) is 19.7. The molecular formula is C24H19BO4. The van der Waals surface area contributed by atoms with Gasteiger partial charge in [0.05, 0.1) is 0 Å². The SMILES string of the molecule is B(Oc1ccc(Oc2ccccc2)cc1)Oc1ccc(Oc2ccccc2)cc1. The van der Waals surface area contributed by atoms with Crippen LogP contribution in [0, 0.1) is 0 Å². The molecule has 142 valence electrons. The molecule has 0 radical (unpaired) electrons. The first kappa shape index (κ1) is 18.5. The smallest absolute Gasteiger partial charge is 0.529 e. The van der Waals surface area contributed by atoms with Gasteiger partial charge in [0, 0.05) is 0 Å². The van der Waals surface area contributed by atoms with Crippen LogP contribution in [0.2, 0.25) is 0 Å². The second-order valence-electron chi connectivity index (χ2n) is 6.18. The maximum Gasteiger partial charge on any atom is 0.576 e. The molecule has 0 saturated carbocycles. The number of ether oxygens (including phenoxy) is 2. The first-order valence-corrected chi connectivity index (χ1v) is 9.27. The molecule has 0 fully saturated rings. The Labute approximate surface area is 170 Å². The third kappa shape index (κ3) is 5.56. The van der Waals surface area contributed by atoms with Gasteiger partial charge < -0.3 is 18.8 Å². The summed E-state index contributed by atoms with van der Waals surface area (Å²) in [4.78, 5) is 0. The minimum atomic E-state index is 0.109. The molecule has 0 aliphatic carbocycles. The standard InChI is InChI=1S/C24H19BO4/c1-3-7-19(8-4-1)26-21-11-15-23(16-12-21)28-25-29-24-17-13-22(14-18-24)27-20-9-5-2-6-10-20/h1-18,25H. The van der Waals surface area contributed by atoms with E-state index in [2.05, 4.69) is 0 Å². The van der Waals surface area contributed by atoms with Gasteiger partial charge in [-0.15, -0.1) is 0 Å². The molecule has 4 nitrogen and oxygen atoms in total. The van der Waals surface area contributed by atoms with Crippen LogP contribution >= 0.6 is 0 Å². The lowest BCUT2D eigenvalue weighted by atomic mass is 10.2. The summed E-state index contributed by atoms with van der Waals surface area (Å²) in [6, 6.07) is 34.1. The fourth-order valence-electron chi connectivity index (χ4n) is 2.62. The summed E-state index contributed by atoms with van der Waals surface area (Å²) in [7, 11) is 0.109. The van der Waals surface area contributed by atoms with Crippen LogP contribution in [0.3, 0.4) is 0 Å². The summed E-state index contributed by atoms with van der Waals surface area (Å²) >= 11 is 0. The van der Waals surface area contributed by atoms with E-state index in [-0.39, 0.29) is 7.69 Å². The highest BCUT2D eigenvalue weighted by Crippen LogP contribution is 2.25. The van der Waals surface area contributed by atoms with Crippen LogP contribution in [0.4, 0.5) is 0 Å². The van der Waals surface area contributed by atoms with Crippen LogP contribution < -0.4 is 18.8 Å². The fourth-order valence-corrected chi connectivity index (χ4v) is 2.62. The first-order chi connectivity index (χ1) is 14.3. The van der Waals surface area contributed by atoms with Crippen molar-refractivity contribution < 1.29 is 18.8 Å². The van der Waals surface area contributed by atoms with Gasteiger partial charge in [-0.1, -0.05) is 36.4 Å². The van der Waals surface area contributed by atoms with E-state index in [1.165, 1.54) is 0 Å². The second kappa shape index (κ2) is 9.37. The molecule has 0 bridgehead atoms. The molecule has 0 spiro atoms. The molecule has 5 heteroatoms. The van der Waals surface area contributed by atoms with Crippen molar-refractivity contribution in [2.24, 2.45) is 0 Å². The molecule has 29 heavy (non-hydrogen) atoms. The Balaban J connectivity index is 1.24. The molecule has 4 aromatic rings. The summed E-state index contributed by atoms with van der Waals surface area (Å²) in [6.45, 7) is 0. The van der Waals surface area contributed by atoms with Gasteiger partial charge in [-0.3, -0.25) is 0 Å². The Morgan fingerprint density at radius 2 is 0.655 bits per heavy atom. The number of para-hydroxylation sites is 2. The van der Waals surface area contributed by atoms with Crippen molar-refractivity contribution in [2.45, 2.75) is 0 Å². The van der Waals surface area contributed by atoms with Crippen LogP contribution in [0.25, 0.3) is 0 Å².